The Hall–Kier alpha value is -1.72. The van der Waals surface area contributed by atoms with Crippen LogP contribution in [0, 0.1) is 0 Å². The fraction of sp³-hybridized carbons (Fsp3) is 0.364. The predicted molar refractivity (Wildman–Crippen MR) is 54.0 cm³/mol. The van der Waals surface area contributed by atoms with E-state index in [4.69, 9.17) is 4.74 Å². The van der Waals surface area contributed by atoms with E-state index in [0.717, 1.165) is 12.1 Å². The van der Waals surface area contributed by atoms with Gasteiger partial charge >= 0.3 is 12.1 Å². The molecule has 0 saturated carbocycles. The maximum absolute atomic E-state index is 12.7. The highest BCUT2D eigenvalue weighted by Crippen LogP contribution is 2.34. The van der Waals surface area contributed by atoms with Gasteiger partial charge in [0.1, 0.15) is 5.75 Å². The lowest BCUT2D eigenvalue weighted by molar-refractivity contribution is -0.138. The van der Waals surface area contributed by atoms with Crippen molar-refractivity contribution in [1.82, 2.24) is 0 Å². The van der Waals surface area contributed by atoms with Gasteiger partial charge < -0.3 is 9.47 Å². The van der Waals surface area contributed by atoms with Crippen molar-refractivity contribution in [2.75, 3.05) is 13.7 Å². The van der Waals surface area contributed by atoms with Crippen LogP contribution in [-0.2, 0) is 10.9 Å². The number of esters is 1. The molecule has 0 atom stereocenters. The highest BCUT2D eigenvalue weighted by molar-refractivity contribution is 5.91. The number of carbonyl (C=O) groups excluding carboxylic acids is 1. The fourth-order valence-corrected chi connectivity index (χ4v) is 1.27. The standard InChI is InChI=1S/C11H11F3O3/c1-3-17-10(15)8-5-4-7(16-2)6-9(8)11(12,13)14/h4-6H,3H2,1-2H3. The zero-order chi connectivity index (χ0) is 13.1. The first-order valence-electron chi connectivity index (χ1n) is 4.82. The van der Waals surface area contributed by atoms with E-state index in [1.54, 1.807) is 0 Å². The Morgan fingerprint density at radius 3 is 2.47 bits per heavy atom. The highest BCUT2D eigenvalue weighted by Gasteiger charge is 2.36. The molecule has 6 heteroatoms. The maximum Gasteiger partial charge on any atom is 0.417 e. The van der Waals surface area contributed by atoms with Gasteiger partial charge in [-0.15, -0.1) is 0 Å². The molecule has 1 rings (SSSR count). The third-order valence-electron chi connectivity index (χ3n) is 2.03. The Labute approximate surface area is 96.1 Å². The number of hydrogen-bond donors (Lipinski definition) is 0. The van der Waals surface area contributed by atoms with E-state index in [2.05, 4.69) is 4.74 Å². The van der Waals surface area contributed by atoms with Gasteiger partial charge in [0.05, 0.1) is 24.8 Å². The summed E-state index contributed by atoms with van der Waals surface area (Å²) in [7, 11) is 1.25. The minimum absolute atomic E-state index is 0.0160. The summed E-state index contributed by atoms with van der Waals surface area (Å²) in [6.45, 7) is 1.54. The second-order valence-electron chi connectivity index (χ2n) is 3.13. The molecule has 0 aliphatic carbocycles. The van der Waals surface area contributed by atoms with E-state index < -0.39 is 23.3 Å². The first-order chi connectivity index (χ1) is 7.90. The van der Waals surface area contributed by atoms with Crippen molar-refractivity contribution in [2.24, 2.45) is 0 Å². The normalized spacial score (nSPS) is 11.1. The molecule has 0 spiro atoms. The Morgan fingerprint density at radius 2 is 2.00 bits per heavy atom. The molecule has 1 aromatic rings. The van der Waals surface area contributed by atoms with Gasteiger partial charge in [-0.3, -0.25) is 0 Å². The van der Waals surface area contributed by atoms with Crippen molar-refractivity contribution < 1.29 is 27.4 Å². The molecule has 1 aromatic carbocycles. The Balaban J connectivity index is 3.25. The lowest BCUT2D eigenvalue weighted by Crippen LogP contribution is -2.15. The number of benzene rings is 1. The van der Waals surface area contributed by atoms with Crippen LogP contribution in [0.4, 0.5) is 13.2 Å². The lowest BCUT2D eigenvalue weighted by atomic mass is 10.1. The Bertz CT molecular complexity index is 413. The third kappa shape index (κ3) is 3.12. The smallest absolute Gasteiger partial charge is 0.417 e. The summed E-state index contributed by atoms with van der Waals surface area (Å²) in [6.07, 6.45) is -4.63. The van der Waals surface area contributed by atoms with Crippen LogP contribution in [0.3, 0.4) is 0 Å². The van der Waals surface area contributed by atoms with Gasteiger partial charge in [0.2, 0.25) is 0 Å². The number of rotatable bonds is 3. The number of carbonyl (C=O) groups is 1. The predicted octanol–water partition coefficient (Wildman–Crippen LogP) is 2.89. The number of hydrogen-bond acceptors (Lipinski definition) is 3. The zero-order valence-electron chi connectivity index (χ0n) is 9.30. The number of ether oxygens (including phenoxy) is 2. The van der Waals surface area contributed by atoms with Gasteiger partial charge in [0.25, 0.3) is 0 Å². The molecular weight excluding hydrogens is 237 g/mol. The average Bonchev–Trinajstić information content (AvgIpc) is 2.27. The van der Waals surface area contributed by atoms with E-state index in [-0.39, 0.29) is 12.4 Å². The van der Waals surface area contributed by atoms with Crippen LogP contribution >= 0.6 is 0 Å². The monoisotopic (exact) mass is 248 g/mol. The van der Waals surface area contributed by atoms with E-state index in [0.29, 0.717) is 0 Å². The molecule has 94 valence electrons. The Morgan fingerprint density at radius 1 is 1.35 bits per heavy atom. The molecule has 0 unspecified atom stereocenters. The van der Waals surface area contributed by atoms with Gasteiger partial charge in [0, 0.05) is 0 Å². The van der Waals surface area contributed by atoms with Crippen LogP contribution in [0.25, 0.3) is 0 Å². The molecular formula is C11H11F3O3. The summed E-state index contributed by atoms with van der Waals surface area (Å²) in [6, 6.07) is 3.09. The van der Waals surface area contributed by atoms with Crippen LogP contribution in [0.1, 0.15) is 22.8 Å². The number of alkyl halides is 3. The fourth-order valence-electron chi connectivity index (χ4n) is 1.27. The summed E-state index contributed by atoms with van der Waals surface area (Å²) in [5, 5.41) is 0. The summed E-state index contributed by atoms with van der Waals surface area (Å²) < 4.78 is 47.4. The molecule has 0 amide bonds. The summed E-state index contributed by atoms with van der Waals surface area (Å²) in [4.78, 5) is 11.3. The van der Waals surface area contributed by atoms with Crippen LogP contribution in [0.2, 0.25) is 0 Å². The van der Waals surface area contributed by atoms with Crippen LogP contribution in [0.15, 0.2) is 18.2 Å². The molecule has 0 N–H and O–H groups in total. The van der Waals surface area contributed by atoms with Crippen molar-refractivity contribution in [3.05, 3.63) is 29.3 Å². The maximum atomic E-state index is 12.7. The largest absolute Gasteiger partial charge is 0.497 e. The van der Waals surface area contributed by atoms with Gasteiger partial charge in [-0.1, -0.05) is 0 Å². The molecule has 3 nitrogen and oxygen atoms in total. The number of halogens is 3. The lowest BCUT2D eigenvalue weighted by Gasteiger charge is -2.13. The first-order valence-corrected chi connectivity index (χ1v) is 4.82. The first kappa shape index (κ1) is 13.3. The molecule has 0 heterocycles. The molecule has 0 fully saturated rings. The van der Waals surface area contributed by atoms with E-state index >= 15 is 0 Å². The summed E-state index contributed by atoms with van der Waals surface area (Å²) in [5.41, 5.74) is -1.57. The molecule has 0 aliphatic heterocycles. The second-order valence-corrected chi connectivity index (χ2v) is 3.13. The number of methoxy groups -OCH3 is 1. The van der Waals surface area contributed by atoms with Crippen LogP contribution in [-0.4, -0.2) is 19.7 Å². The summed E-state index contributed by atoms with van der Waals surface area (Å²) in [5.74, 6) is -0.965. The molecule has 17 heavy (non-hydrogen) atoms. The molecule has 0 saturated heterocycles. The van der Waals surface area contributed by atoms with Crippen molar-refractivity contribution in [1.29, 1.82) is 0 Å². The quantitative estimate of drug-likeness (QED) is 0.771. The third-order valence-corrected chi connectivity index (χ3v) is 2.03. The van der Waals surface area contributed by atoms with Gasteiger partial charge in [-0.2, -0.15) is 13.2 Å². The van der Waals surface area contributed by atoms with E-state index in [9.17, 15) is 18.0 Å². The average molecular weight is 248 g/mol. The summed E-state index contributed by atoms with van der Waals surface area (Å²) >= 11 is 0. The van der Waals surface area contributed by atoms with Crippen molar-refractivity contribution >= 4 is 5.97 Å². The van der Waals surface area contributed by atoms with Crippen LogP contribution in [0.5, 0.6) is 5.75 Å². The Kier molecular flexibility index (Phi) is 3.98. The van der Waals surface area contributed by atoms with Crippen molar-refractivity contribution in [3.8, 4) is 5.75 Å². The SMILES string of the molecule is CCOC(=O)c1ccc(OC)cc1C(F)(F)F. The van der Waals surface area contributed by atoms with Crippen molar-refractivity contribution in [2.45, 2.75) is 13.1 Å². The van der Waals surface area contributed by atoms with Crippen molar-refractivity contribution in [3.63, 3.8) is 0 Å². The molecule has 0 aromatic heterocycles. The van der Waals surface area contributed by atoms with Gasteiger partial charge in [-0.05, 0) is 25.1 Å². The molecule has 0 aliphatic rings. The van der Waals surface area contributed by atoms with Gasteiger partial charge in [0.15, 0.2) is 0 Å². The highest BCUT2D eigenvalue weighted by atomic mass is 19.4. The molecule has 0 bridgehead atoms. The second kappa shape index (κ2) is 5.07. The van der Waals surface area contributed by atoms with Crippen LogP contribution < -0.4 is 4.74 Å². The van der Waals surface area contributed by atoms with E-state index in [1.165, 1.54) is 20.1 Å². The van der Waals surface area contributed by atoms with E-state index in [1.807, 2.05) is 0 Å². The zero-order valence-corrected chi connectivity index (χ0v) is 9.30. The molecule has 0 radical (unpaired) electrons. The minimum Gasteiger partial charge on any atom is -0.497 e. The topological polar surface area (TPSA) is 35.5 Å². The minimum atomic E-state index is -4.63. The van der Waals surface area contributed by atoms with Gasteiger partial charge in [-0.25, -0.2) is 4.79 Å².